The van der Waals surface area contributed by atoms with Gasteiger partial charge in [0.2, 0.25) is 0 Å². The van der Waals surface area contributed by atoms with Crippen LogP contribution < -0.4 is 0 Å². The van der Waals surface area contributed by atoms with E-state index in [1.54, 1.807) is 6.92 Å². The molecular formula is C19H16O7. The van der Waals surface area contributed by atoms with Crippen LogP contribution in [0.1, 0.15) is 61.6 Å². The van der Waals surface area contributed by atoms with E-state index >= 15 is 0 Å². The number of Topliss-reactive ketones (excluding diaryl/α,β-unsaturated/α-hetero) is 1. The summed E-state index contributed by atoms with van der Waals surface area (Å²) in [5.41, 5.74) is -1.17. The summed E-state index contributed by atoms with van der Waals surface area (Å²) in [6.07, 6.45) is -0.859. The Kier molecular flexibility index (Phi) is 4.25. The number of aliphatic hydroxyl groups excluding tert-OH is 1. The van der Waals surface area contributed by atoms with E-state index in [0.29, 0.717) is 0 Å². The van der Waals surface area contributed by atoms with Crippen molar-refractivity contribution in [3.8, 4) is 17.2 Å². The Morgan fingerprint density at radius 3 is 2.54 bits per heavy atom. The maximum atomic E-state index is 13.0. The van der Waals surface area contributed by atoms with E-state index in [9.17, 15) is 34.8 Å². The number of aldehydes is 1. The molecular weight excluding hydrogens is 340 g/mol. The molecule has 0 amide bonds. The minimum atomic E-state index is -1.10. The molecule has 7 nitrogen and oxygen atoms in total. The standard InChI is InChI=1S/C19H16O7/c1-8-5-13(22)15-10(17(8)24)6-14(23)19(26)16(15)18(25)9-3-2-4-12(21)11(9)7-20/h2-4,6-8,17,21,23-24,26H,5H2,1H3/t8-,17-/m1/s1. The van der Waals surface area contributed by atoms with Crippen molar-refractivity contribution in [3.63, 3.8) is 0 Å². The quantitative estimate of drug-likeness (QED) is 0.376. The van der Waals surface area contributed by atoms with Crippen molar-refractivity contribution in [1.29, 1.82) is 0 Å². The Balaban J connectivity index is 2.31. The highest BCUT2D eigenvalue weighted by molar-refractivity contribution is 6.20. The zero-order chi connectivity index (χ0) is 19.2. The van der Waals surface area contributed by atoms with Gasteiger partial charge in [0.15, 0.2) is 29.4 Å². The number of hydrogen-bond donors (Lipinski definition) is 4. The number of hydrogen-bond acceptors (Lipinski definition) is 7. The highest BCUT2D eigenvalue weighted by Crippen LogP contribution is 2.44. The highest BCUT2D eigenvalue weighted by atomic mass is 16.3. The van der Waals surface area contributed by atoms with Gasteiger partial charge in [0.25, 0.3) is 0 Å². The SMILES string of the molecule is C[C@@H]1CC(=O)c2c(cc(O)c(O)c2C(=O)c2cccc(O)c2C=O)[C@@H]1O. The molecule has 2 aromatic rings. The minimum absolute atomic E-state index is 0.0419. The van der Waals surface area contributed by atoms with Crippen LogP contribution >= 0.6 is 0 Å². The lowest BCUT2D eigenvalue weighted by molar-refractivity contribution is 0.0743. The number of aromatic hydroxyl groups is 3. The van der Waals surface area contributed by atoms with Gasteiger partial charge >= 0.3 is 0 Å². The second-order valence-electron chi connectivity index (χ2n) is 6.32. The summed E-state index contributed by atoms with van der Waals surface area (Å²) in [6.45, 7) is 1.65. The average Bonchev–Trinajstić information content (AvgIpc) is 2.60. The van der Waals surface area contributed by atoms with Crippen molar-refractivity contribution in [3.05, 3.63) is 52.1 Å². The maximum absolute atomic E-state index is 13.0. The zero-order valence-corrected chi connectivity index (χ0v) is 13.8. The minimum Gasteiger partial charge on any atom is -0.507 e. The molecule has 0 aromatic heterocycles. The zero-order valence-electron chi connectivity index (χ0n) is 13.8. The molecule has 4 N–H and O–H groups in total. The molecule has 26 heavy (non-hydrogen) atoms. The second-order valence-corrected chi connectivity index (χ2v) is 6.32. The molecule has 2 atom stereocenters. The summed E-state index contributed by atoms with van der Waals surface area (Å²) in [6, 6.07) is 4.87. The van der Waals surface area contributed by atoms with E-state index < -0.39 is 46.4 Å². The molecule has 0 aliphatic heterocycles. The van der Waals surface area contributed by atoms with Gasteiger partial charge in [0.05, 0.1) is 17.2 Å². The number of aliphatic hydroxyl groups is 1. The first kappa shape index (κ1) is 17.6. The second kappa shape index (κ2) is 6.27. The number of ketones is 2. The van der Waals surface area contributed by atoms with Gasteiger partial charge in [-0.15, -0.1) is 0 Å². The van der Waals surface area contributed by atoms with E-state index in [1.807, 2.05) is 0 Å². The van der Waals surface area contributed by atoms with Crippen molar-refractivity contribution in [2.45, 2.75) is 19.4 Å². The van der Waals surface area contributed by atoms with Crippen LogP contribution in [0.15, 0.2) is 24.3 Å². The number of benzene rings is 2. The van der Waals surface area contributed by atoms with Crippen LogP contribution in [-0.4, -0.2) is 38.3 Å². The lowest BCUT2D eigenvalue weighted by Crippen LogP contribution is -2.26. The first-order valence-corrected chi connectivity index (χ1v) is 7.89. The predicted octanol–water partition coefficient (Wildman–Crippen LogP) is 2.10. The van der Waals surface area contributed by atoms with Gasteiger partial charge in [-0.05, 0) is 23.6 Å². The normalized spacial score (nSPS) is 19.1. The highest BCUT2D eigenvalue weighted by Gasteiger charge is 2.37. The summed E-state index contributed by atoms with van der Waals surface area (Å²) in [4.78, 5) is 36.7. The molecule has 3 rings (SSSR count). The average molecular weight is 356 g/mol. The lowest BCUT2D eigenvalue weighted by Gasteiger charge is -2.28. The number of carbonyl (C=O) groups excluding carboxylic acids is 3. The van der Waals surface area contributed by atoms with Crippen LogP contribution in [-0.2, 0) is 0 Å². The summed E-state index contributed by atoms with van der Waals surface area (Å²) < 4.78 is 0. The molecule has 0 radical (unpaired) electrons. The van der Waals surface area contributed by atoms with Crippen LogP contribution in [0.3, 0.4) is 0 Å². The lowest BCUT2D eigenvalue weighted by atomic mass is 9.77. The van der Waals surface area contributed by atoms with Gasteiger partial charge in [0.1, 0.15) is 5.75 Å². The van der Waals surface area contributed by atoms with E-state index in [-0.39, 0.29) is 35.0 Å². The fourth-order valence-electron chi connectivity index (χ4n) is 3.26. The first-order valence-electron chi connectivity index (χ1n) is 7.89. The topological polar surface area (TPSA) is 132 Å². The van der Waals surface area contributed by atoms with Gasteiger partial charge in [0, 0.05) is 17.5 Å². The molecule has 0 saturated heterocycles. The molecule has 1 aliphatic carbocycles. The Morgan fingerprint density at radius 1 is 1.19 bits per heavy atom. The van der Waals surface area contributed by atoms with Crippen molar-refractivity contribution in [1.82, 2.24) is 0 Å². The summed E-state index contributed by atoms with van der Waals surface area (Å²) in [7, 11) is 0. The van der Waals surface area contributed by atoms with E-state index in [2.05, 4.69) is 0 Å². The third-order valence-electron chi connectivity index (χ3n) is 4.63. The molecule has 0 heterocycles. The van der Waals surface area contributed by atoms with Crippen molar-refractivity contribution >= 4 is 17.9 Å². The molecule has 0 unspecified atom stereocenters. The molecule has 134 valence electrons. The third-order valence-corrected chi connectivity index (χ3v) is 4.63. The van der Waals surface area contributed by atoms with Crippen molar-refractivity contribution in [2.75, 3.05) is 0 Å². The summed E-state index contributed by atoms with van der Waals surface area (Å²) in [5.74, 6) is -3.72. The molecule has 0 spiro atoms. The molecule has 0 fully saturated rings. The Hall–Kier alpha value is -3.19. The van der Waals surface area contributed by atoms with Gasteiger partial charge in [-0.25, -0.2) is 0 Å². The maximum Gasteiger partial charge on any atom is 0.198 e. The summed E-state index contributed by atoms with van der Waals surface area (Å²) in [5, 5.41) is 40.3. The Labute approximate surface area is 148 Å². The number of rotatable bonds is 3. The van der Waals surface area contributed by atoms with Crippen LogP contribution in [0.5, 0.6) is 17.2 Å². The van der Waals surface area contributed by atoms with Gasteiger partial charge in [-0.1, -0.05) is 19.1 Å². The van der Waals surface area contributed by atoms with E-state index in [1.165, 1.54) is 18.2 Å². The summed E-state index contributed by atoms with van der Waals surface area (Å²) >= 11 is 0. The largest absolute Gasteiger partial charge is 0.507 e. The van der Waals surface area contributed by atoms with E-state index in [4.69, 9.17) is 0 Å². The monoisotopic (exact) mass is 356 g/mol. The van der Waals surface area contributed by atoms with Crippen LogP contribution in [0.25, 0.3) is 0 Å². The van der Waals surface area contributed by atoms with Gasteiger partial charge in [-0.3, -0.25) is 14.4 Å². The number of fused-ring (bicyclic) bond motifs is 1. The first-order chi connectivity index (χ1) is 12.3. The fraction of sp³-hybridized carbons (Fsp3) is 0.211. The third kappa shape index (κ3) is 2.53. The van der Waals surface area contributed by atoms with Crippen LogP contribution in [0, 0.1) is 5.92 Å². The van der Waals surface area contributed by atoms with E-state index in [0.717, 1.165) is 6.07 Å². The van der Waals surface area contributed by atoms with Gasteiger partial charge in [-0.2, -0.15) is 0 Å². The Morgan fingerprint density at radius 2 is 1.88 bits per heavy atom. The molecule has 0 saturated carbocycles. The number of carbonyl (C=O) groups is 3. The van der Waals surface area contributed by atoms with Crippen LogP contribution in [0.2, 0.25) is 0 Å². The van der Waals surface area contributed by atoms with Gasteiger partial charge < -0.3 is 20.4 Å². The van der Waals surface area contributed by atoms with Crippen molar-refractivity contribution in [2.24, 2.45) is 5.92 Å². The molecule has 7 heteroatoms. The predicted molar refractivity (Wildman–Crippen MR) is 89.8 cm³/mol. The van der Waals surface area contributed by atoms with Crippen LogP contribution in [0.4, 0.5) is 0 Å². The molecule has 1 aliphatic rings. The smallest absolute Gasteiger partial charge is 0.198 e. The molecule has 0 bridgehead atoms. The molecule has 2 aromatic carbocycles. The van der Waals surface area contributed by atoms with Crippen molar-refractivity contribution < 1.29 is 34.8 Å². The fourth-order valence-corrected chi connectivity index (χ4v) is 3.26. The number of phenols is 3. The Bertz CT molecular complexity index is 945. The number of phenolic OH excluding ortho intramolecular Hbond substituents is 3.